The first kappa shape index (κ1) is 17.9. The van der Waals surface area contributed by atoms with Crippen LogP contribution in [0, 0.1) is 0 Å². The monoisotopic (exact) mass is 375 g/mol. The van der Waals surface area contributed by atoms with Gasteiger partial charge in [-0.1, -0.05) is 11.8 Å². The van der Waals surface area contributed by atoms with Gasteiger partial charge in [0.25, 0.3) is 5.91 Å². The van der Waals surface area contributed by atoms with E-state index in [2.05, 4.69) is 15.3 Å². The van der Waals surface area contributed by atoms with Crippen LogP contribution in [0.1, 0.15) is 15.9 Å². The second kappa shape index (κ2) is 7.57. The van der Waals surface area contributed by atoms with E-state index in [4.69, 9.17) is 0 Å². The summed E-state index contributed by atoms with van der Waals surface area (Å²) in [6.45, 7) is 0. The minimum absolute atomic E-state index is 0.323. The maximum Gasteiger partial charge on any atom is 0.416 e. The molecular weight excluding hydrogens is 363 g/mol. The third-order valence-corrected chi connectivity index (χ3v) is 4.28. The summed E-state index contributed by atoms with van der Waals surface area (Å²) in [5, 5.41) is 3.26. The number of carbonyl (C=O) groups excluding carboxylic acids is 1. The number of nitrogens with zero attached hydrogens (tertiary/aromatic N) is 2. The number of halogens is 3. The molecule has 0 aliphatic rings. The Hall–Kier alpha value is -2.87. The fourth-order valence-corrected chi connectivity index (χ4v) is 2.80. The van der Waals surface area contributed by atoms with Crippen LogP contribution in [0.2, 0.25) is 0 Å². The molecule has 2 heterocycles. The number of hydrogen-bond acceptors (Lipinski definition) is 4. The maximum absolute atomic E-state index is 12.6. The number of benzene rings is 1. The first-order valence-corrected chi connectivity index (χ1v) is 8.26. The van der Waals surface area contributed by atoms with Crippen molar-refractivity contribution in [2.24, 2.45) is 0 Å². The van der Waals surface area contributed by atoms with Gasteiger partial charge in [-0.15, -0.1) is 0 Å². The molecule has 2 aromatic heterocycles. The van der Waals surface area contributed by atoms with E-state index in [1.807, 2.05) is 0 Å². The lowest BCUT2D eigenvalue weighted by Gasteiger charge is -2.07. The molecule has 1 aromatic carbocycles. The highest BCUT2D eigenvalue weighted by Crippen LogP contribution is 2.32. The minimum atomic E-state index is -4.36. The number of amides is 1. The molecule has 132 valence electrons. The van der Waals surface area contributed by atoms with Gasteiger partial charge in [-0.3, -0.25) is 9.78 Å². The summed E-state index contributed by atoms with van der Waals surface area (Å²) in [5.41, 5.74) is 0.239. The lowest BCUT2D eigenvalue weighted by molar-refractivity contribution is -0.137. The molecule has 0 aliphatic carbocycles. The summed E-state index contributed by atoms with van der Waals surface area (Å²) >= 11 is 1.21. The van der Waals surface area contributed by atoms with Crippen molar-refractivity contribution in [3.63, 3.8) is 0 Å². The molecule has 0 unspecified atom stereocenters. The number of hydrogen-bond donors (Lipinski definition) is 1. The van der Waals surface area contributed by atoms with Crippen molar-refractivity contribution in [1.29, 1.82) is 0 Å². The lowest BCUT2D eigenvalue weighted by Crippen LogP contribution is -2.12. The molecule has 1 N–H and O–H groups in total. The number of aromatic nitrogens is 2. The predicted octanol–water partition coefficient (Wildman–Crippen LogP) is 4.90. The van der Waals surface area contributed by atoms with Crippen molar-refractivity contribution >= 4 is 23.4 Å². The van der Waals surface area contributed by atoms with E-state index < -0.39 is 11.7 Å². The molecule has 0 spiro atoms. The molecule has 26 heavy (non-hydrogen) atoms. The van der Waals surface area contributed by atoms with Crippen LogP contribution in [-0.2, 0) is 6.18 Å². The highest BCUT2D eigenvalue weighted by molar-refractivity contribution is 7.99. The summed E-state index contributed by atoms with van der Waals surface area (Å²) in [5.74, 6) is -0.323. The predicted molar refractivity (Wildman–Crippen MR) is 92.0 cm³/mol. The van der Waals surface area contributed by atoms with Gasteiger partial charge >= 0.3 is 6.18 Å². The average molecular weight is 375 g/mol. The van der Waals surface area contributed by atoms with Crippen molar-refractivity contribution < 1.29 is 18.0 Å². The molecule has 0 saturated carbocycles. The zero-order valence-electron chi connectivity index (χ0n) is 13.2. The first-order chi connectivity index (χ1) is 12.4. The second-order valence-corrected chi connectivity index (χ2v) is 6.30. The minimum Gasteiger partial charge on any atom is -0.321 e. The Morgan fingerprint density at radius 2 is 1.77 bits per heavy atom. The summed E-state index contributed by atoms with van der Waals surface area (Å²) in [6.07, 6.45) is 0.188. The van der Waals surface area contributed by atoms with E-state index >= 15 is 0 Å². The van der Waals surface area contributed by atoms with Crippen molar-refractivity contribution in [3.05, 3.63) is 78.2 Å². The molecule has 0 saturated heterocycles. The van der Waals surface area contributed by atoms with Crippen molar-refractivity contribution in [3.8, 4) is 0 Å². The Bertz CT molecular complexity index is 882. The third kappa shape index (κ3) is 4.60. The number of carbonyl (C=O) groups is 1. The van der Waals surface area contributed by atoms with Crippen LogP contribution < -0.4 is 5.32 Å². The van der Waals surface area contributed by atoms with Gasteiger partial charge in [-0.05, 0) is 48.5 Å². The number of nitrogens with one attached hydrogen (secondary N) is 1. The number of alkyl halides is 3. The topological polar surface area (TPSA) is 54.9 Å². The van der Waals surface area contributed by atoms with E-state index in [1.165, 1.54) is 36.3 Å². The van der Waals surface area contributed by atoms with E-state index in [0.29, 0.717) is 21.2 Å². The molecule has 3 rings (SSSR count). The highest BCUT2D eigenvalue weighted by atomic mass is 32.2. The van der Waals surface area contributed by atoms with E-state index in [-0.39, 0.29) is 5.91 Å². The fraction of sp³-hybridized carbons (Fsp3) is 0.0556. The standard InChI is InChI=1S/C18H12F3N3OS/c19-18(20,21)13-4-6-15(7-5-13)26-16-8-3-12(10-23-16)17(25)24-14-2-1-9-22-11-14/h1-11H,(H,24,25). The Morgan fingerprint density at radius 1 is 1.00 bits per heavy atom. The van der Waals surface area contributed by atoms with E-state index in [0.717, 1.165) is 12.1 Å². The smallest absolute Gasteiger partial charge is 0.321 e. The molecule has 0 radical (unpaired) electrons. The SMILES string of the molecule is O=C(Nc1cccnc1)c1ccc(Sc2ccc(C(F)(F)F)cc2)nc1. The number of pyridine rings is 2. The molecule has 0 bridgehead atoms. The van der Waals surface area contributed by atoms with Crippen LogP contribution >= 0.6 is 11.8 Å². The van der Waals surface area contributed by atoms with Gasteiger partial charge in [-0.2, -0.15) is 13.2 Å². The van der Waals surface area contributed by atoms with Crippen molar-refractivity contribution in [1.82, 2.24) is 9.97 Å². The first-order valence-electron chi connectivity index (χ1n) is 7.44. The number of rotatable bonds is 4. The molecule has 0 atom stereocenters. The average Bonchev–Trinajstić information content (AvgIpc) is 2.63. The van der Waals surface area contributed by atoms with Gasteiger partial charge in [0.2, 0.25) is 0 Å². The van der Waals surface area contributed by atoms with Crippen molar-refractivity contribution in [2.45, 2.75) is 16.1 Å². The number of anilines is 1. The molecule has 1 amide bonds. The Labute approximate surface area is 151 Å². The van der Waals surface area contributed by atoms with Crippen LogP contribution in [0.3, 0.4) is 0 Å². The van der Waals surface area contributed by atoms with E-state index in [1.54, 1.807) is 30.5 Å². The van der Waals surface area contributed by atoms with Gasteiger partial charge in [0.05, 0.1) is 23.0 Å². The zero-order valence-corrected chi connectivity index (χ0v) is 14.0. The largest absolute Gasteiger partial charge is 0.416 e. The second-order valence-electron chi connectivity index (χ2n) is 5.21. The molecule has 4 nitrogen and oxygen atoms in total. The van der Waals surface area contributed by atoms with Gasteiger partial charge in [0, 0.05) is 17.3 Å². The normalized spacial score (nSPS) is 11.2. The van der Waals surface area contributed by atoms with Crippen LogP contribution in [0.5, 0.6) is 0 Å². The Kier molecular flexibility index (Phi) is 5.22. The van der Waals surface area contributed by atoms with Gasteiger partial charge < -0.3 is 5.32 Å². The van der Waals surface area contributed by atoms with Crippen LogP contribution in [0.15, 0.2) is 77.0 Å². The van der Waals surface area contributed by atoms with Crippen molar-refractivity contribution in [2.75, 3.05) is 5.32 Å². The summed E-state index contributed by atoms with van der Waals surface area (Å²) in [6, 6.07) is 11.5. The molecular formula is C18H12F3N3OS. The summed E-state index contributed by atoms with van der Waals surface area (Å²) in [7, 11) is 0. The zero-order chi connectivity index (χ0) is 18.6. The molecule has 3 aromatic rings. The lowest BCUT2D eigenvalue weighted by atomic mass is 10.2. The van der Waals surface area contributed by atoms with Crippen LogP contribution in [0.4, 0.5) is 18.9 Å². The van der Waals surface area contributed by atoms with Gasteiger partial charge in [0.1, 0.15) is 5.03 Å². The molecule has 0 aliphatic heterocycles. The Balaban J connectivity index is 1.65. The van der Waals surface area contributed by atoms with Crippen LogP contribution in [0.25, 0.3) is 0 Å². The third-order valence-electron chi connectivity index (χ3n) is 3.32. The summed E-state index contributed by atoms with van der Waals surface area (Å²) in [4.78, 5) is 20.8. The van der Waals surface area contributed by atoms with Gasteiger partial charge in [0.15, 0.2) is 0 Å². The van der Waals surface area contributed by atoms with Crippen LogP contribution in [-0.4, -0.2) is 15.9 Å². The molecule has 0 fully saturated rings. The summed E-state index contributed by atoms with van der Waals surface area (Å²) < 4.78 is 37.7. The quantitative estimate of drug-likeness (QED) is 0.705. The Morgan fingerprint density at radius 3 is 2.35 bits per heavy atom. The van der Waals surface area contributed by atoms with Gasteiger partial charge in [-0.25, -0.2) is 4.98 Å². The maximum atomic E-state index is 12.6. The fourth-order valence-electron chi connectivity index (χ4n) is 2.05. The highest BCUT2D eigenvalue weighted by Gasteiger charge is 2.29. The molecule has 8 heteroatoms. The van der Waals surface area contributed by atoms with E-state index in [9.17, 15) is 18.0 Å².